The van der Waals surface area contributed by atoms with Gasteiger partial charge in [0.2, 0.25) is 0 Å². The summed E-state index contributed by atoms with van der Waals surface area (Å²) < 4.78 is 0. The quantitative estimate of drug-likeness (QED) is 0.905. The molecule has 1 saturated heterocycles. The third kappa shape index (κ3) is 2.27. The van der Waals surface area contributed by atoms with Crippen LogP contribution in [0.15, 0.2) is 42.5 Å². The van der Waals surface area contributed by atoms with Gasteiger partial charge in [-0.15, -0.1) is 0 Å². The van der Waals surface area contributed by atoms with Crippen molar-refractivity contribution in [2.45, 2.75) is 12.5 Å². The van der Waals surface area contributed by atoms with Crippen LogP contribution < -0.4 is 5.32 Å². The molecule has 1 fully saturated rings. The van der Waals surface area contributed by atoms with E-state index in [0.717, 1.165) is 5.92 Å². The molecule has 0 aromatic heterocycles. The topological polar surface area (TPSA) is 12.0 Å². The molecule has 1 nitrogen and oxygen atoms in total. The first-order chi connectivity index (χ1) is 8.88. The summed E-state index contributed by atoms with van der Waals surface area (Å²) in [6.07, 6.45) is 1.19. The van der Waals surface area contributed by atoms with Gasteiger partial charge in [0.05, 0.1) is 0 Å². The first-order valence-electron chi connectivity index (χ1n) is 6.60. The highest BCUT2D eigenvalue weighted by atomic mass is 32.2. The van der Waals surface area contributed by atoms with Crippen LogP contribution in [-0.4, -0.2) is 24.6 Å². The maximum Gasteiger partial charge on any atom is 0.0194 e. The van der Waals surface area contributed by atoms with Crippen molar-refractivity contribution in [3.05, 3.63) is 48.0 Å². The second kappa shape index (κ2) is 5.33. The molecule has 2 unspecified atom stereocenters. The average Bonchev–Trinajstić information content (AvgIpc) is 2.86. The van der Waals surface area contributed by atoms with Crippen molar-refractivity contribution >= 4 is 22.5 Å². The van der Waals surface area contributed by atoms with Crippen LogP contribution in [0.3, 0.4) is 0 Å². The Labute approximate surface area is 113 Å². The van der Waals surface area contributed by atoms with Crippen molar-refractivity contribution in [1.82, 2.24) is 5.32 Å². The highest BCUT2D eigenvalue weighted by molar-refractivity contribution is 7.99. The van der Waals surface area contributed by atoms with Crippen LogP contribution in [0.4, 0.5) is 0 Å². The number of hydrogen-bond donors (Lipinski definition) is 1. The fraction of sp³-hybridized carbons (Fsp3) is 0.375. The Morgan fingerprint density at radius 3 is 2.83 bits per heavy atom. The number of thioether (sulfide) groups is 1. The first-order valence-corrected chi connectivity index (χ1v) is 7.75. The summed E-state index contributed by atoms with van der Waals surface area (Å²) in [4.78, 5) is 0. The number of rotatable bonds is 3. The van der Waals surface area contributed by atoms with Crippen LogP contribution in [-0.2, 0) is 6.42 Å². The maximum atomic E-state index is 3.46. The normalized spacial score (nSPS) is 23.6. The van der Waals surface area contributed by atoms with E-state index in [2.05, 4.69) is 66.6 Å². The predicted octanol–water partition coefficient (Wildman–Crippen LogP) is 3.33. The Hall–Kier alpha value is -0.990. The molecule has 2 aromatic rings. The van der Waals surface area contributed by atoms with Crippen LogP contribution in [0.2, 0.25) is 0 Å². The molecule has 0 spiro atoms. The lowest BCUT2D eigenvalue weighted by Gasteiger charge is -2.18. The van der Waals surface area contributed by atoms with E-state index >= 15 is 0 Å². The van der Waals surface area contributed by atoms with E-state index in [0.29, 0.717) is 6.04 Å². The monoisotopic (exact) mass is 257 g/mol. The molecule has 1 heterocycles. The van der Waals surface area contributed by atoms with Gasteiger partial charge in [-0.1, -0.05) is 42.5 Å². The van der Waals surface area contributed by atoms with E-state index in [1.807, 2.05) is 0 Å². The third-order valence-electron chi connectivity index (χ3n) is 3.93. The number of fused-ring (bicyclic) bond motifs is 1. The van der Waals surface area contributed by atoms with Gasteiger partial charge in [0.25, 0.3) is 0 Å². The van der Waals surface area contributed by atoms with E-state index < -0.39 is 0 Å². The molecular formula is C16H19NS. The van der Waals surface area contributed by atoms with E-state index in [1.54, 1.807) is 0 Å². The molecule has 3 rings (SSSR count). The lowest BCUT2D eigenvalue weighted by molar-refractivity contribution is 0.454. The molecule has 0 saturated carbocycles. The molecule has 0 amide bonds. The van der Waals surface area contributed by atoms with Gasteiger partial charge in [-0.3, -0.25) is 0 Å². The van der Waals surface area contributed by atoms with Crippen LogP contribution in [0.5, 0.6) is 0 Å². The van der Waals surface area contributed by atoms with Crippen molar-refractivity contribution in [3.8, 4) is 0 Å². The summed E-state index contributed by atoms with van der Waals surface area (Å²) in [5, 5.41) is 6.25. The van der Waals surface area contributed by atoms with Crippen LogP contribution in [0.25, 0.3) is 10.8 Å². The first kappa shape index (κ1) is 12.1. The van der Waals surface area contributed by atoms with E-state index in [1.165, 1.54) is 34.3 Å². The molecule has 18 heavy (non-hydrogen) atoms. The van der Waals surface area contributed by atoms with Gasteiger partial charge < -0.3 is 5.32 Å². The van der Waals surface area contributed by atoms with Gasteiger partial charge >= 0.3 is 0 Å². The largest absolute Gasteiger partial charge is 0.316 e. The molecule has 2 aromatic carbocycles. The fourth-order valence-corrected chi connectivity index (χ4v) is 4.35. The van der Waals surface area contributed by atoms with E-state index in [4.69, 9.17) is 0 Å². The Balaban J connectivity index is 1.90. The van der Waals surface area contributed by atoms with Gasteiger partial charge in [-0.05, 0) is 41.5 Å². The highest BCUT2D eigenvalue weighted by Crippen LogP contribution is 2.29. The maximum absolute atomic E-state index is 3.46. The lowest BCUT2D eigenvalue weighted by atomic mass is 9.92. The molecule has 94 valence electrons. The van der Waals surface area contributed by atoms with Gasteiger partial charge in [0, 0.05) is 11.8 Å². The predicted molar refractivity (Wildman–Crippen MR) is 81.3 cm³/mol. The van der Waals surface area contributed by atoms with Gasteiger partial charge in [0.15, 0.2) is 0 Å². The molecular weight excluding hydrogens is 238 g/mol. The van der Waals surface area contributed by atoms with Gasteiger partial charge in [-0.25, -0.2) is 0 Å². The molecule has 0 radical (unpaired) electrons. The Kier molecular flexibility index (Phi) is 3.57. The van der Waals surface area contributed by atoms with Gasteiger partial charge in [-0.2, -0.15) is 11.8 Å². The van der Waals surface area contributed by atoms with E-state index in [9.17, 15) is 0 Å². The zero-order chi connectivity index (χ0) is 12.4. The van der Waals surface area contributed by atoms with Crippen molar-refractivity contribution < 1.29 is 0 Å². The molecule has 0 bridgehead atoms. The van der Waals surface area contributed by atoms with Crippen molar-refractivity contribution in [3.63, 3.8) is 0 Å². The van der Waals surface area contributed by atoms with E-state index in [-0.39, 0.29) is 0 Å². The number of nitrogens with one attached hydrogen (secondary N) is 1. The van der Waals surface area contributed by atoms with Crippen LogP contribution >= 0.6 is 11.8 Å². The molecule has 0 aliphatic carbocycles. The minimum absolute atomic E-state index is 0.675. The summed E-state index contributed by atoms with van der Waals surface area (Å²) >= 11 is 2.08. The Bertz CT molecular complexity index is 532. The Morgan fingerprint density at radius 1 is 1.11 bits per heavy atom. The summed E-state index contributed by atoms with van der Waals surface area (Å²) in [6, 6.07) is 16.1. The molecule has 1 aliphatic heterocycles. The summed E-state index contributed by atoms with van der Waals surface area (Å²) in [7, 11) is 2.09. The molecule has 1 aliphatic rings. The van der Waals surface area contributed by atoms with Crippen molar-refractivity contribution in [1.29, 1.82) is 0 Å². The molecule has 2 atom stereocenters. The molecule has 2 heteroatoms. The van der Waals surface area contributed by atoms with Crippen LogP contribution in [0.1, 0.15) is 5.56 Å². The smallest absolute Gasteiger partial charge is 0.0194 e. The summed E-state index contributed by atoms with van der Waals surface area (Å²) in [5.74, 6) is 3.31. The summed E-state index contributed by atoms with van der Waals surface area (Å²) in [6.45, 7) is 0. The van der Waals surface area contributed by atoms with Crippen molar-refractivity contribution in [2.75, 3.05) is 18.6 Å². The standard InChI is InChI=1S/C16H19NS/c1-17-16-11-18-10-14(16)9-13-7-4-6-12-5-2-3-8-15(12)13/h2-8,14,16-17H,9-11H2,1H3. The average molecular weight is 257 g/mol. The van der Waals surface area contributed by atoms with Crippen LogP contribution in [0, 0.1) is 5.92 Å². The highest BCUT2D eigenvalue weighted by Gasteiger charge is 2.26. The number of hydrogen-bond acceptors (Lipinski definition) is 2. The second-order valence-corrected chi connectivity index (χ2v) is 6.11. The van der Waals surface area contributed by atoms with Crippen molar-refractivity contribution in [2.24, 2.45) is 5.92 Å². The number of benzene rings is 2. The SMILES string of the molecule is CNC1CSCC1Cc1cccc2ccccc12. The third-order valence-corrected chi connectivity index (χ3v) is 5.19. The zero-order valence-electron chi connectivity index (χ0n) is 10.7. The molecule has 1 N–H and O–H groups in total. The summed E-state index contributed by atoms with van der Waals surface area (Å²) in [5.41, 5.74) is 1.50. The second-order valence-electron chi connectivity index (χ2n) is 5.04. The minimum Gasteiger partial charge on any atom is -0.316 e. The minimum atomic E-state index is 0.675. The van der Waals surface area contributed by atoms with Gasteiger partial charge in [0.1, 0.15) is 0 Å². The lowest BCUT2D eigenvalue weighted by Crippen LogP contribution is -2.33. The zero-order valence-corrected chi connectivity index (χ0v) is 11.5. The fourth-order valence-electron chi connectivity index (χ4n) is 2.87. The Morgan fingerprint density at radius 2 is 1.94 bits per heavy atom.